The van der Waals surface area contributed by atoms with Gasteiger partial charge < -0.3 is 10.2 Å². The molecule has 12 heavy (non-hydrogen) atoms. The van der Waals surface area contributed by atoms with Crippen molar-refractivity contribution in [1.82, 2.24) is 0 Å². The Labute approximate surface area is 66.7 Å². The van der Waals surface area contributed by atoms with Crippen molar-refractivity contribution >= 4 is 5.97 Å². The van der Waals surface area contributed by atoms with Crippen LogP contribution in [0.25, 0.3) is 0 Å². The van der Waals surface area contributed by atoms with E-state index in [4.69, 9.17) is 10.2 Å². The van der Waals surface area contributed by atoms with Crippen LogP contribution in [0.5, 0.6) is 11.5 Å². The van der Waals surface area contributed by atoms with E-state index in [0.29, 0.717) is 0 Å². The Kier molecular flexibility index (Phi) is 2.14. The maximum absolute atomic E-state index is 11.3. The number of benzene rings is 1. The summed E-state index contributed by atoms with van der Waals surface area (Å²) in [5.74, 6) is -2.10. The average molecular weight is 172 g/mol. The van der Waals surface area contributed by atoms with Gasteiger partial charge in [0.25, 0.3) is 0 Å². The monoisotopic (exact) mass is 172 g/mol. The second kappa shape index (κ2) is 3.08. The summed E-state index contributed by atoms with van der Waals surface area (Å²) in [4.78, 5) is 13.4. The second-order valence-electron chi connectivity index (χ2n) is 2.07. The van der Waals surface area contributed by atoms with Gasteiger partial charge in [-0.1, -0.05) is 0 Å². The lowest BCUT2D eigenvalue weighted by atomic mass is 10.2. The third kappa shape index (κ3) is 1.45. The SMILES string of the molecule is O=C(OF)c1ccc(O)c(O)c1. The number of phenols is 2. The van der Waals surface area contributed by atoms with Gasteiger partial charge in [-0.25, -0.2) is 9.74 Å². The fraction of sp³-hybridized carbons (Fsp3) is 0. The van der Waals surface area contributed by atoms with E-state index in [0.717, 1.165) is 18.2 Å². The summed E-state index contributed by atoms with van der Waals surface area (Å²) in [5.41, 5.74) is -0.173. The van der Waals surface area contributed by atoms with Crippen LogP contribution in [0, 0.1) is 0 Å². The van der Waals surface area contributed by atoms with Crippen LogP contribution in [-0.2, 0) is 4.94 Å². The normalized spacial score (nSPS) is 9.42. The molecule has 0 heterocycles. The minimum Gasteiger partial charge on any atom is -0.504 e. The first-order chi connectivity index (χ1) is 5.65. The second-order valence-corrected chi connectivity index (χ2v) is 2.07. The van der Waals surface area contributed by atoms with Gasteiger partial charge in [0.05, 0.1) is 5.56 Å². The van der Waals surface area contributed by atoms with Crippen molar-refractivity contribution in [3.63, 3.8) is 0 Å². The summed E-state index contributed by atoms with van der Waals surface area (Å²) in [7, 11) is 0. The quantitative estimate of drug-likeness (QED) is 0.623. The van der Waals surface area contributed by atoms with Gasteiger partial charge >= 0.3 is 5.97 Å². The van der Waals surface area contributed by atoms with Crippen molar-refractivity contribution in [1.29, 1.82) is 0 Å². The average Bonchev–Trinajstić information content (AvgIpc) is 2.08. The highest BCUT2D eigenvalue weighted by molar-refractivity contribution is 5.89. The standard InChI is InChI=1S/C7H5FO4/c8-12-7(11)4-1-2-5(9)6(10)3-4/h1-3,9-10H. The van der Waals surface area contributed by atoms with E-state index in [-0.39, 0.29) is 11.3 Å². The summed E-state index contributed by atoms with van der Waals surface area (Å²) in [6, 6.07) is 3.08. The number of rotatable bonds is 1. The summed E-state index contributed by atoms with van der Waals surface area (Å²) in [5, 5.41) is 17.7. The zero-order valence-corrected chi connectivity index (χ0v) is 5.82. The topological polar surface area (TPSA) is 66.8 Å². The lowest BCUT2D eigenvalue weighted by Crippen LogP contribution is -1.97. The van der Waals surface area contributed by atoms with E-state index in [9.17, 15) is 9.32 Å². The van der Waals surface area contributed by atoms with Crippen LogP contribution >= 0.6 is 0 Å². The molecule has 0 spiro atoms. The predicted octanol–water partition coefficient (Wildman–Crippen LogP) is 1.14. The van der Waals surface area contributed by atoms with Crippen LogP contribution in [0.3, 0.4) is 0 Å². The molecule has 0 bridgehead atoms. The number of phenolic OH excluding ortho intramolecular Hbond substituents is 2. The molecule has 0 atom stereocenters. The third-order valence-electron chi connectivity index (χ3n) is 1.28. The van der Waals surface area contributed by atoms with E-state index < -0.39 is 11.7 Å². The van der Waals surface area contributed by atoms with E-state index >= 15 is 0 Å². The first-order valence-corrected chi connectivity index (χ1v) is 3.00. The molecule has 5 heteroatoms. The van der Waals surface area contributed by atoms with Crippen molar-refractivity contribution in [2.45, 2.75) is 0 Å². The van der Waals surface area contributed by atoms with E-state index in [2.05, 4.69) is 4.94 Å². The van der Waals surface area contributed by atoms with Crippen molar-refractivity contribution in [2.24, 2.45) is 0 Å². The smallest absolute Gasteiger partial charge is 0.379 e. The van der Waals surface area contributed by atoms with Gasteiger partial charge in [0, 0.05) is 4.53 Å². The number of carbonyl (C=O) groups excluding carboxylic acids is 1. The molecule has 0 amide bonds. The molecule has 0 saturated heterocycles. The Morgan fingerprint density at radius 1 is 1.33 bits per heavy atom. The predicted molar refractivity (Wildman–Crippen MR) is 36.3 cm³/mol. The van der Waals surface area contributed by atoms with Gasteiger partial charge in [-0.2, -0.15) is 0 Å². The number of hydrogen-bond acceptors (Lipinski definition) is 4. The van der Waals surface area contributed by atoms with Crippen LogP contribution in [0.2, 0.25) is 0 Å². The molecule has 1 aromatic rings. The zero-order chi connectivity index (χ0) is 9.14. The van der Waals surface area contributed by atoms with Gasteiger partial charge in [-0.05, 0) is 18.2 Å². The lowest BCUT2D eigenvalue weighted by molar-refractivity contribution is -0.0788. The molecule has 0 aliphatic heterocycles. The molecule has 64 valence electrons. The van der Waals surface area contributed by atoms with Crippen LogP contribution < -0.4 is 0 Å². The van der Waals surface area contributed by atoms with E-state index in [1.165, 1.54) is 0 Å². The lowest BCUT2D eigenvalue weighted by Gasteiger charge is -1.98. The van der Waals surface area contributed by atoms with Gasteiger partial charge in [0.2, 0.25) is 0 Å². The first-order valence-electron chi connectivity index (χ1n) is 3.00. The van der Waals surface area contributed by atoms with Crippen molar-refractivity contribution < 1.29 is 24.5 Å². The van der Waals surface area contributed by atoms with Gasteiger partial charge in [0.1, 0.15) is 0 Å². The van der Waals surface area contributed by atoms with Gasteiger partial charge in [-0.15, -0.1) is 0 Å². The highest BCUT2D eigenvalue weighted by Gasteiger charge is 2.09. The van der Waals surface area contributed by atoms with Crippen LogP contribution in [0.15, 0.2) is 18.2 Å². The number of hydrogen-bond donors (Lipinski definition) is 2. The maximum Gasteiger partial charge on any atom is 0.379 e. The minimum atomic E-state index is -1.22. The molecule has 0 unspecified atom stereocenters. The number of aromatic hydroxyl groups is 2. The van der Waals surface area contributed by atoms with E-state index in [1.807, 2.05) is 0 Å². The summed E-state index contributed by atoms with van der Waals surface area (Å²) < 4.78 is 11.3. The summed E-state index contributed by atoms with van der Waals surface area (Å²) in [6.45, 7) is 0. The Morgan fingerprint density at radius 2 is 2.00 bits per heavy atom. The molecular weight excluding hydrogens is 167 g/mol. The molecule has 1 rings (SSSR count). The van der Waals surface area contributed by atoms with Crippen LogP contribution in [-0.4, -0.2) is 16.2 Å². The highest BCUT2D eigenvalue weighted by Crippen LogP contribution is 2.24. The zero-order valence-electron chi connectivity index (χ0n) is 5.82. The summed E-state index contributed by atoms with van der Waals surface area (Å²) >= 11 is 0. The summed E-state index contributed by atoms with van der Waals surface area (Å²) in [6.07, 6.45) is 0. The van der Waals surface area contributed by atoms with Crippen LogP contribution in [0.1, 0.15) is 10.4 Å². The number of carbonyl (C=O) groups is 1. The van der Waals surface area contributed by atoms with Crippen molar-refractivity contribution in [3.05, 3.63) is 23.8 Å². The highest BCUT2D eigenvalue weighted by atomic mass is 19.3. The molecule has 1 aromatic carbocycles. The molecule has 4 nitrogen and oxygen atoms in total. The Bertz CT molecular complexity index is 310. The molecule has 0 aromatic heterocycles. The third-order valence-corrected chi connectivity index (χ3v) is 1.28. The molecular formula is C7H5FO4. The minimum absolute atomic E-state index is 0.173. The maximum atomic E-state index is 11.3. The molecule has 0 radical (unpaired) electrons. The Balaban J connectivity index is 3.05. The largest absolute Gasteiger partial charge is 0.504 e. The number of halogens is 1. The first kappa shape index (κ1) is 8.32. The molecule has 2 N–H and O–H groups in total. The molecule has 0 aliphatic rings. The van der Waals surface area contributed by atoms with Crippen LogP contribution in [0.4, 0.5) is 4.53 Å². The molecule has 0 saturated carbocycles. The molecule has 0 aliphatic carbocycles. The van der Waals surface area contributed by atoms with Gasteiger partial charge in [0.15, 0.2) is 11.5 Å². The van der Waals surface area contributed by atoms with E-state index in [1.54, 1.807) is 0 Å². The van der Waals surface area contributed by atoms with Gasteiger partial charge in [-0.3, -0.25) is 0 Å². The fourth-order valence-electron chi connectivity index (χ4n) is 0.695. The van der Waals surface area contributed by atoms with Crippen molar-refractivity contribution in [3.8, 4) is 11.5 Å². The Morgan fingerprint density at radius 3 is 2.50 bits per heavy atom. The molecule has 0 fully saturated rings. The Hall–Kier alpha value is -1.78. The fourth-order valence-corrected chi connectivity index (χ4v) is 0.695. The van der Waals surface area contributed by atoms with Crippen molar-refractivity contribution in [2.75, 3.05) is 0 Å².